The van der Waals surface area contributed by atoms with Crippen molar-refractivity contribution in [1.82, 2.24) is 19.9 Å². The molecule has 0 atom stereocenters. The highest BCUT2D eigenvalue weighted by atomic mass is 79.9. The van der Waals surface area contributed by atoms with Crippen molar-refractivity contribution < 1.29 is 0 Å². The monoisotopic (exact) mass is 540 g/mol. The number of halogens is 1. The summed E-state index contributed by atoms with van der Waals surface area (Å²) in [5.74, 6) is 0. The van der Waals surface area contributed by atoms with E-state index in [4.69, 9.17) is 9.97 Å². The van der Waals surface area contributed by atoms with E-state index in [1.54, 1.807) is 0 Å². The summed E-state index contributed by atoms with van der Waals surface area (Å²) in [5, 5.41) is 0. The molecule has 0 amide bonds. The minimum absolute atomic E-state index is 0.849. The first-order valence-corrected chi connectivity index (χ1v) is 12.9. The first-order chi connectivity index (χ1) is 18.2. The third kappa shape index (κ3) is 3.94. The number of benzene rings is 2. The Bertz CT molecular complexity index is 1740. The molecule has 2 N–H and O–H groups in total. The van der Waals surface area contributed by atoms with Crippen LogP contribution in [0.4, 0.5) is 0 Å². The van der Waals surface area contributed by atoms with Crippen LogP contribution in [0.5, 0.6) is 0 Å². The average molecular weight is 541 g/mol. The molecule has 0 radical (unpaired) electrons. The molecule has 0 aliphatic carbocycles. The van der Waals surface area contributed by atoms with E-state index in [0.29, 0.717) is 0 Å². The molecule has 4 nitrogen and oxygen atoms in total. The topological polar surface area (TPSA) is 57.4 Å². The molecule has 0 spiro atoms. The molecule has 0 unspecified atom stereocenters. The zero-order valence-electron chi connectivity index (χ0n) is 19.7. The van der Waals surface area contributed by atoms with Gasteiger partial charge in [-0.15, -0.1) is 0 Å². The van der Waals surface area contributed by atoms with E-state index in [2.05, 4.69) is 117 Å². The largest absolute Gasteiger partial charge is 0.355 e. The summed E-state index contributed by atoms with van der Waals surface area (Å²) in [5.41, 5.74) is 11.9. The Balaban J connectivity index is 1.61. The fourth-order valence-electron chi connectivity index (χ4n) is 4.92. The van der Waals surface area contributed by atoms with Crippen LogP contribution in [0.1, 0.15) is 22.8 Å². The molecule has 0 saturated heterocycles. The lowest BCUT2D eigenvalue weighted by Crippen LogP contribution is -1.87. The molecular weight excluding hydrogens is 520 g/mol. The minimum atomic E-state index is 0.849. The normalized spacial score (nSPS) is 12.2. The van der Waals surface area contributed by atoms with Crippen molar-refractivity contribution >= 4 is 62.3 Å². The predicted molar refractivity (Wildman–Crippen MR) is 157 cm³/mol. The van der Waals surface area contributed by atoms with E-state index in [-0.39, 0.29) is 0 Å². The molecule has 3 aromatic heterocycles. The smallest absolute Gasteiger partial charge is 0.0801 e. The quantitative estimate of drug-likeness (QED) is 0.230. The number of nitrogens with zero attached hydrogens (tertiary/aromatic N) is 2. The van der Waals surface area contributed by atoms with Crippen molar-refractivity contribution in [3.63, 3.8) is 0 Å². The number of aromatic nitrogens is 4. The van der Waals surface area contributed by atoms with E-state index in [9.17, 15) is 0 Å². The van der Waals surface area contributed by atoms with E-state index < -0.39 is 0 Å². The third-order valence-corrected chi connectivity index (χ3v) is 7.45. The maximum atomic E-state index is 5.03. The Kier molecular flexibility index (Phi) is 5.22. The molecule has 0 saturated carbocycles. The van der Waals surface area contributed by atoms with Gasteiger partial charge in [0.1, 0.15) is 0 Å². The molecule has 2 aromatic carbocycles. The molecule has 5 heteroatoms. The molecule has 176 valence electrons. The summed E-state index contributed by atoms with van der Waals surface area (Å²) in [6, 6.07) is 31.3. The van der Waals surface area contributed by atoms with Crippen molar-refractivity contribution in [3.05, 3.63) is 118 Å². The highest BCUT2D eigenvalue weighted by Crippen LogP contribution is 2.34. The van der Waals surface area contributed by atoms with Crippen LogP contribution in [0.3, 0.4) is 0 Å². The first-order valence-electron chi connectivity index (χ1n) is 12.1. The first kappa shape index (κ1) is 21.8. The number of hydrogen-bond donors (Lipinski definition) is 2. The van der Waals surface area contributed by atoms with Crippen molar-refractivity contribution in [1.29, 1.82) is 0 Å². The van der Waals surface area contributed by atoms with Crippen LogP contribution in [0.2, 0.25) is 0 Å². The van der Waals surface area contributed by atoms with Gasteiger partial charge in [-0.2, -0.15) is 0 Å². The fraction of sp³-hybridized carbons (Fsp3) is 0. The Morgan fingerprint density at radius 2 is 0.919 bits per heavy atom. The third-order valence-electron chi connectivity index (χ3n) is 6.63. The number of aromatic amines is 2. The van der Waals surface area contributed by atoms with Gasteiger partial charge in [0, 0.05) is 33.2 Å². The van der Waals surface area contributed by atoms with Gasteiger partial charge < -0.3 is 9.97 Å². The second-order valence-electron chi connectivity index (χ2n) is 9.03. The summed E-state index contributed by atoms with van der Waals surface area (Å²) in [7, 11) is 0. The number of hydrogen-bond acceptors (Lipinski definition) is 2. The van der Waals surface area contributed by atoms with Gasteiger partial charge in [-0.05, 0) is 81.7 Å². The number of rotatable bonds is 2. The molecule has 2 aliphatic heterocycles. The second kappa shape index (κ2) is 8.87. The Labute approximate surface area is 222 Å². The van der Waals surface area contributed by atoms with Gasteiger partial charge in [-0.3, -0.25) is 0 Å². The highest BCUT2D eigenvalue weighted by Gasteiger charge is 2.16. The van der Waals surface area contributed by atoms with E-state index in [0.717, 1.165) is 71.6 Å². The lowest BCUT2D eigenvalue weighted by molar-refractivity contribution is 1.25. The molecule has 37 heavy (non-hydrogen) atoms. The minimum Gasteiger partial charge on any atom is -0.355 e. The average Bonchev–Trinajstić information content (AvgIpc) is 3.74. The number of fused-ring (bicyclic) bond motifs is 8. The fourth-order valence-corrected chi connectivity index (χ4v) is 5.36. The van der Waals surface area contributed by atoms with Crippen LogP contribution in [0, 0.1) is 0 Å². The van der Waals surface area contributed by atoms with Gasteiger partial charge in [0.15, 0.2) is 0 Å². The van der Waals surface area contributed by atoms with Gasteiger partial charge >= 0.3 is 0 Å². The molecule has 5 heterocycles. The lowest BCUT2D eigenvalue weighted by atomic mass is 10.0. The van der Waals surface area contributed by atoms with E-state index >= 15 is 0 Å². The van der Waals surface area contributed by atoms with Crippen molar-refractivity contribution in [2.75, 3.05) is 0 Å². The molecule has 2 aliphatic rings. The Morgan fingerprint density at radius 3 is 1.38 bits per heavy atom. The molecular formula is C32H21BrN4. The second-order valence-corrected chi connectivity index (χ2v) is 9.82. The zero-order valence-corrected chi connectivity index (χ0v) is 21.3. The molecule has 0 fully saturated rings. The summed E-state index contributed by atoms with van der Waals surface area (Å²) in [6.45, 7) is 0. The summed E-state index contributed by atoms with van der Waals surface area (Å²) >= 11 is 3.80. The van der Waals surface area contributed by atoms with Gasteiger partial charge in [-0.25, -0.2) is 9.97 Å². The van der Waals surface area contributed by atoms with Crippen LogP contribution < -0.4 is 0 Å². The van der Waals surface area contributed by atoms with Gasteiger partial charge in [-0.1, -0.05) is 60.7 Å². The summed E-state index contributed by atoms with van der Waals surface area (Å²) in [6.07, 6.45) is 8.24. The van der Waals surface area contributed by atoms with Crippen molar-refractivity contribution in [2.24, 2.45) is 0 Å². The van der Waals surface area contributed by atoms with Crippen molar-refractivity contribution in [2.45, 2.75) is 0 Å². The van der Waals surface area contributed by atoms with Crippen LogP contribution in [-0.4, -0.2) is 19.9 Å². The van der Waals surface area contributed by atoms with Crippen LogP contribution in [0.25, 0.3) is 68.6 Å². The number of nitrogens with one attached hydrogen (secondary N) is 2. The van der Waals surface area contributed by atoms with E-state index in [1.807, 2.05) is 24.3 Å². The standard InChI is InChI=1S/C32H21BrN4/c33-32-28-17-15-26(36-28)30(20-7-3-1-4-8-20)24-13-11-22(34-24)19-23-12-14-25(35-23)31(21-9-5-2-6-10-21)27-16-18-29(32)37-27/h1-19,34-35H. The number of H-pyrrole nitrogens is 2. The molecule has 7 rings (SSSR count). The molecule has 8 bridgehead atoms. The maximum absolute atomic E-state index is 5.03. The van der Waals surface area contributed by atoms with Gasteiger partial charge in [0.05, 0.1) is 27.2 Å². The SMILES string of the molecule is Brc1c2nc(c(-c3ccccc3)c3ccc(cc4ccc([nH]4)c(-c4ccccc4)c4nc1C=C4)[nH]3)C=C2. The van der Waals surface area contributed by atoms with Crippen LogP contribution >= 0.6 is 15.9 Å². The highest BCUT2D eigenvalue weighted by molar-refractivity contribution is 9.10. The van der Waals surface area contributed by atoms with Gasteiger partial charge in [0.2, 0.25) is 0 Å². The van der Waals surface area contributed by atoms with Crippen molar-refractivity contribution in [3.8, 4) is 22.3 Å². The predicted octanol–water partition coefficient (Wildman–Crippen LogP) is 8.75. The maximum Gasteiger partial charge on any atom is 0.0801 e. The lowest BCUT2D eigenvalue weighted by Gasteiger charge is -2.04. The van der Waals surface area contributed by atoms with Crippen LogP contribution in [0.15, 0.2) is 95.5 Å². The van der Waals surface area contributed by atoms with E-state index in [1.165, 1.54) is 0 Å². The Hall–Kier alpha value is -4.48. The summed E-state index contributed by atoms with van der Waals surface area (Å²) in [4.78, 5) is 17.3. The Morgan fingerprint density at radius 1 is 0.486 bits per heavy atom. The van der Waals surface area contributed by atoms with Gasteiger partial charge in [0.25, 0.3) is 0 Å². The zero-order chi connectivity index (χ0) is 24.8. The molecule has 5 aromatic rings. The van der Waals surface area contributed by atoms with Crippen LogP contribution in [-0.2, 0) is 0 Å². The summed E-state index contributed by atoms with van der Waals surface area (Å²) < 4.78 is 0.865.